The number of anilines is 1. The molecule has 1 atom stereocenters. The van der Waals surface area contributed by atoms with E-state index in [0.717, 1.165) is 22.4 Å². The van der Waals surface area contributed by atoms with Crippen molar-refractivity contribution in [2.45, 2.75) is 19.1 Å². The van der Waals surface area contributed by atoms with Crippen molar-refractivity contribution >= 4 is 23.4 Å². The minimum Gasteiger partial charge on any atom is -0.396 e. The van der Waals surface area contributed by atoms with E-state index in [2.05, 4.69) is 11.4 Å². The van der Waals surface area contributed by atoms with E-state index < -0.39 is 0 Å². The molecule has 1 amide bonds. The summed E-state index contributed by atoms with van der Waals surface area (Å²) in [6.07, 6.45) is 0. The second-order valence-electron chi connectivity index (χ2n) is 5.25. The first kappa shape index (κ1) is 16.6. The van der Waals surface area contributed by atoms with Gasteiger partial charge in [0.15, 0.2) is 0 Å². The fraction of sp³-hybridized carbons (Fsp3) is 0.278. The van der Waals surface area contributed by atoms with Gasteiger partial charge in [0.25, 0.3) is 0 Å². The number of aliphatic hydroxyl groups excluding tert-OH is 1. The van der Waals surface area contributed by atoms with Crippen molar-refractivity contribution in [3.05, 3.63) is 65.2 Å². The molecule has 0 spiro atoms. The Balaban J connectivity index is 2.18. The van der Waals surface area contributed by atoms with Gasteiger partial charge in [-0.1, -0.05) is 36.4 Å². The van der Waals surface area contributed by atoms with Crippen molar-refractivity contribution in [3.63, 3.8) is 0 Å². The molecule has 0 saturated heterocycles. The number of rotatable bonds is 6. The van der Waals surface area contributed by atoms with Crippen LogP contribution in [0.1, 0.15) is 21.9 Å². The Hall–Kier alpha value is -1.78. The zero-order valence-corrected chi connectivity index (χ0v) is 13.7. The predicted octanol–water partition coefficient (Wildman–Crippen LogP) is 3.71. The number of carbonyl (C=O) groups is 1. The smallest absolute Gasteiger partial charge is 0.241 e. The highest BCUT2D eigenvalue weighted by molar-refractivity contribution is 8.00. The molecular formula is C18H21NO2S. The van der Waals surface area contributed by atoms with Crippen molar-refractivity contribution in [2.24, 2.45) is 0 Å². The zero-order valence-electron chi connectivity index (χ0n) is 12.9. The van der Waals surface area contributed by atoms with Gasteiger partial charge in [-0.2, -0.15) is 0 Å². The highest BCUT2D eigenvalue weighted by Gasteiger charge is 2.21. The van der Waals surface area contributed by atoms with E-state index >= 15 is 0 Å². The lowest BCUT2D eigenvalue weighted by Crippen LogP contribution is -2.19. The summed E-state index contributed by atoms with van der Waals surface area (Å²) in [7, 11) is 0. The summed E-state index contributed by atoms with van der Waals surface area (Å²) in [4.78, 5) is 12.6. The molecule has 22 heavy (non-hydrogen) atoms. The molecule has 0 radical (unpaired) electrons. The summed E-state index contributed by atoms with van der Waals surface area (Å²) < 4.78 is 0. The Labute approximate surface area is 135 Å². The molecule has 116 valence electrons. The van der Waals surface area contributed by atoms with Crippen LogP contribution in [0.25, 0.3) is 0 Å². The van der Waals surface area contributed by atoms with Crippen LogP contribution in [0, 0.1) is 13.8 Å². The molecule has 0 saturated carbocycles. The molecule has 0 heterocycles. The van der Waals surface area contributed by atoms with E-state index in [0.29, 0.717) is 5.75 Å². The molecule has 0 aliphatic carbocycles. The predicted molar refractivity (Wildman–Crippen MR) is 93.3 cm³/mol. The Bertz CT molecular complexity index is 608. The first-order valence-corrected chi connectivity index (χ1v) is 8.31. The van der Waals surface area contributed by atoms with Gasteiger partial charge in [-0.3, -0.25) is 4.79 Å². The van der Waals surface area contributed by atoms with Crippen LogP contribution >= 0.6 is 11.8 Å². The van der Waals surface area contributed by atoms with Crippen LogP contribution in [0.15, 0.2) is 48.5 Å². The molecule has 0 unspecified atom stereocenters. The molecule has 0 aliphatic heterocycles. The van der Waals surface area contributed by atoms with Gasteiger partial charge >= 0.3 is 0 Å². The molecule has 3 nitrogen and oxygen atoms in total. The van der Waals surface area contributed by atoms with E-state index in [-0.39, 0.29) is 17.8 Å². The number of benzene rings is 2. The topological polar surface area (TPSA) is 49.3 Å². The number of hydrogen-bond donors (Lipinski definition) is 2. The third kappa shape index (κ3) is 4.61. The maximum atomic E-state index is 12.6. The highest BCUT2D eigenvalue weighted by Crippen LogP contribution is 2.30. The largest absolute Gasteiger partial charge is 0.396 e. The highest BCUT2D eigenvalue weighted by atomic mass is 32.2. The number of aryl methyl sites for hydroxylation is 2. The second kappa shape index (κ2) is 8.01. The summed E-state index contributed by atoms with van der Waals surface area (Å²) in [5.41, 5.74) is 4.00. The average molecular weight is 315 g/mol. The first-order valence-electron chi connectivity index (χ1n) is 7.26. The summed E-state index contributed by atoms with van der Waals surface area (Å²) in [6.45, 7) is 4.08. The Morgan fingerprint density at radius 2 is 1.77 bits per heavy atom. The normalized spacial score (nSPS) is 12.0. The average Bonchev–Trinajstić information content (AvgIpc) is 2.47. The SMILES string of the molecule is Cc1cc(C)cc(NC(=O)[C@H](SCCO)c2ccccc2)c1. The molecular weight excluding hydrogens is 294 g/mol. The van der Waals surface area contributed by atoms with E-state index in [1.54, 1.807) is 0 Å². The van der Waals surface area contributed by atoms with Crippen LogP contribution in [0.5, 0.6) is 0 Å². The fourth-order valence-corrected chi connectivity index (χ4v) is 3.28. The minimum atomic E-state index is -0.325. The molecule has 2 aromatic carbocycles. The number of nitrogens with one attached hydrogen (secondary N) is 1. The van der Waals surface area contributed by atoms with Crippen LogP contribution in [-0.4, -0.2) is 23.4 Å². The van der Waals surface area contributed by atoms with Gasteiger partial charge in [0.2, 0.25) is 5.91 Å². The third-order valence-electron chi connectivity index (χ3n) is 3.21. The summed E-state index contributed by atoms with van der Waals surface area (Å²) in [6, 6.07) is 15.7. The number of carbonyl (C=O) groups excluding carboxylic acids is 1. The zero-order chi connectivity index (χ0) is 15.9. The summed E-state index contributed by atoms with van der Waals surface area (Å²) in [5, 5.41) is 11.7. The number of amides is 1. The Morgan fingerprint density at radius 1 is 1.14 bits per heavy atom. The van der Waals surface area contributed by atoms with Gasteiger partial charge in [-0.05, 0) is 42.7 Å². The maximum Gasteiger partial charge on any atom is 0.241 e. The van der Waals surface area contributed by atoms with Crippen LogP contribution < -0.4 is 5.32 Å². The number of aliphatic hydroxyl groups is 1. The van der Waals surface area contributed by atoms with Crippen LogP contribution in [-0.2, 0) is 4.79 Å². The van der Waals surface area contributed by atoms with Gasteiger partial charge in [-0.15, -0.1) is 11.8 Å². The lowest BCUT2D eigenvalue weighted by Gasteiger charge is -2.17. The monoisotopic (exact) mass is 315 g/mol. The van der Waals surface area contributed by atoms with E-state index in [4.69, 9.17) is 5.11 Å². The Morgan fingerprint density at radius 3 is 2.36 bits per heavy atom. The van der Waals surface area contributed by atoms with Crippen LogP contribution in [0.4, 0.5) is 5.69 Å². The van der Waals surface area contributed by atoms with Gasteiger partial charge in [-0.25, -0.2) is 0 Å². The number of thioether (sulfide) groups is 1. The molecule has 0 aliphatic rings. The molecule has 0 fully saturated rings. The molecule has 0 bridgehead atoms. The number of hydrogen-bond acceptors (Lipinski definition) is 3. The third-order valence-corrected chi connectivity index (χ3v) is 4.44. The van der Waals surface area contributed by atoms with Crippen molar-refractivity contribution in [1.82, 2.24) is 0 Å². The van der Waals surface area contributed by atoms with Gasteiger partial charge in [0, 0.05) is 11.4 Å². The van der Waals surface area contributed by atoms with Gasteiger partial charge in [0.05, 0.1) is 6.61 Å². The lowest BCUT2D eigenvalue weighted by molar-refractivity contribution is -0.115. The second-order valence-corrected chi connectivity index (χ2v) is 6.46. The fourth-order valence-electron chi connectivity index (χ4n) is 2.38. The molecule has 2 aromatic rings. The standard InChI is InChI=1S/C18H21NO2S/c1-13-10-14(2)12-16(11-13)19-18(21)17(22-9-8-20)15-6-4-3-5-7-15/h3-7,10-12,17,20H,8-9H2,1-2H3,(H,19,21)/t17-/m1/s1. The van der Waals surface area contributed by atoms with Crippen molar-refractivity contribution in [2.75, 3.05) is 17.7 Å². The van der Waals surface area contributed by atoms with Crippen molar-refractivity contribution in [1.29, 1.82) is 0 Å². The van der Waals surface area contributed by atoms with Gasteiger partial charge < -0.3 is 10.4 Å². The quantitative estimate of drug-likeness (QED) is 0.854. The first-order chi connectivity index (χ1) is 10.6. The van der Waals surface area contributed by atoms with Crippen LogP contribution in [0.2, 0.25) is 0 Å². The van der Waals surface area contributed by atoms with Crippen molar-refractivity contribution < 1.29 is 9.90 Å². The summed E-state index contributed by atoms with van der Waals surface area (Å²) in [5.74, 6) is 0.467. The Kier molecular flexibility index (Phi) is 6.04. The lowest BCUT2D eigenvalue weighted by atomic mass is 10.1. The van der Waals surface area contributed by atoms with Gasteiger partial charge in [0.1, 0.15) is 5.25 Å². The maximum absolute atomic E-state index is 12.6. The van der Waals surface area contributed by atoms with E-state index in [9.17, 15) is 4.79 Å². The molecule has 2 N–H and O–H groups in total. The minimum absolute atomic E-state index is 0.0604. The summed E-state index contributed by atoms with van der Waals surface area (Å²) >= 11 is 1.45. The van der Waals surface area contributed by atoms with E-state index in [1.165, 1.54) is 11.8 Å². The van der Waals surface area contributed by atoms with E-state index in [1.807, 2.05) is 56.3 Å². The van der Waals surface area contributed by atoms with Crippen LogP contribution in [0.3, 0.4) is 0 Å². The van der Waals surface area contributed by atoms with Crippen molar-refractivity contribution in [3.8, 4) is 0 Å². The molecule has 4 heteroatoms. The molecule has 0 aromatic heterocycles. The molecule has 2 rings (SSSR count).